The highest BCUT2D eigenvalue weighted by molar-refractivity contribution is 7.26. The highest BCUT2D eigenvalue weighted by Gasteiger charge is 2.15. The van der Waals surface area contributed by atoms with Crippen LogP contribution in [0.3, 0.4) is 0 Å². The molecule has 0 N–H and O–H groups in total. The van der Waals surface area contributed by atoms with Crippen LogP contribution < -0.4 is 0 Å². The van der Waals surface area contributed by atoms with E-state index in [-0.39, 0.29) is 5.28 Å². The van der Waals surface area contributed by atoms with Crippen molar-refractivity contribution in [1.29, 1.82) is 0 Å². The van der Waals surface area contributed by atoms with Crippen molar-refractivity contribution in [3.63, 3.8) is 0 Å². The summed E-state index contributed by atoms with van der Waals surface area (Å²) in [6.07, 6.45) is 0. The molecule has 0 amide bonds. The fraction of sp³-hybridized carbons (Fsp3) is 0. The number of hydrogen-bond donors (Lipinski definition) is 0. The number of benzene rings is 7. The van der Waals surface area contributed by atoms with Gasteiger partial charge in [0.2, 0.25) is 5.28 Å². The zero-order valence-electron chi connectivity index (χ0n) is 25.6. The molecular weight excluding hydrogens is 626 g/mol. The molecule has 0 atom stereocenters. The molecule has 2 heterocycles. The summed E-state index contributed by atoms with van der Waals surface area (Å²) in [4.78, 5) is 14.0. The van der Waals surface area contributed by atoms with Crippen molar-refractivity contribution < 1.29 is 0 Å². The molecule has 226 valence electrons. The molecule has 0 fully saturated rings. The zero-order valence-corrected chi connectivity index (χ0v) is 27.2. The van der Waals surface area contributed by atoms with E-state index in [1.165, 1.54) is 53.2 Å². The first-order chi connectivity index (χ1) is 23.7. The Hall–Kier alpha value is -5.68. The molecule has 3 nitrogen and oxygen atoms in total. The topological polar surface area (TPSA) is 38.7 Å². The Kier molecular flexibility index (Phi) is 7.04. The maximum Gasteiger partial charge on any atom is 0.226 e. The van der Waals surface area contributed by atoms with Gasteiger partial charge in [-0.3, -0.25) is 0 Å². The van der Waals surface area contributed by atoms with E-state index in [0.717, 1.165) is 22.3 Å². The maximum atomic E-state index is 6.55. The van der Waals surface area contributed by atoms with Crippen molar-refractivity contribution in [2.75, 3.05) is 0 Å². The second kappa shape index (κ2) is 11.8. The molecule has 0 spiro atoms. The van der Waals surface area contributed by atoms with Crippen molar-refractivity contribution >= 4 is 53.9 Å². The molecule has 0 saturated heterocycles. The summed E-state index contributed by atoms with van der Waals surface area (Å²) in [5, 5.41) is 5.05. The molecule has 0 bridgehead atoms. The third-order valence-corrected chi connectivity index (χ3v) is 10.1. The van der Waals surface area contributed by atoms with Gasteiger partial charge in [0.25, 0.3) is 0 Å². The molecular formula is C43H26ClN3S. The maximum absolute atomic E-state index is 6.55. The van der Waals surface area contributed by atoms with Gasteiger partial charge in [-0.05, 0) is 86.1 Å². The van der Waals surface area contributed by atoms with Crippen molar-refractivity contribution in [2.45, 2.75) is 0 Å². The minimum absolute atomic E-state index is 0.169. The molecule has 0 radical (unpaired) electrons. The SMILES string of the molecule is Clc1nc(-c2cccc(-c3ccc4ccc(-c5ccccc5)cc4c3)c2)nc(-c2ccc3c(c2)sc2cccc(-c4ccccc4)c23)n1. The average molecular weight is 652 g/mol. The van der Waals surface area contributed by atoms with Crippen LogP contribution in [0, 0.1) is 0 Å². The van der Waals surface area contributed by atoms with Crippen LogP contribution in [0.5, 0.6) is 0 Å². The second-order valence-electron chi connectivity index (χ2n) is 11.8. The van der Waals surface area contributed by atoms with E-state index in [9.17, 15) is 0 Å². The molecule has 7 aromatic carbocycles. The van der Waals surface area contributed by atoms with E-state index >= 15 is 0 Å². The average Bonchev–Trinajstić information content (AvgIpc) is 3.53. The van der Waals surface area contributed by atoms with Crippen molar-refractivity contribution in [3.05, 3.63) is 163 Å². The number of thiophene rings is 1. The quantitative estimate of drug-likeness (QED) is 0.186. The van der Waals surface area contributed by atoms with Crippen LogP contribution in [0.15, 0.2) is 158 Å². The minimum atomic E-state index is 0.169. The predicted molar refractivity (Wildman–Crippen MR) is 202 cm³/mol. The minimum Gasteiger partial charge on any atom is -0.208 e. The Bertz CT molecular complexity index is 2630. The van der Waals surface area contributed by atoms with E-state index in [4.69, 9.17) is 16.6 Å². The molecule has 0 aliphatic rings. The van der Waals surface area contributed by atoms with Gasteiger partial charge in [0.15, 0.2) is 11.6 Å². The highest BCUT2D eigenvalue weighted by Crippen LogP contribution is 2.41. The molecule has 0 aliphatic carbocycles. The predicted octanol–water partition coefficient (Wildman–Crippen LogP) is 12.4. The molecule has 2 aromatic heterocycles. The molecule has 48 heavy (non-hydrogen) atoms. The first-order valence-corrected chi connectivity index (χ1v) is 17.0. The summed E-state index contributed by atoms with van der Waals surface area (Å²) in [5.41, 5.74) is 8.85. The summed E-state index contributed by atoms with van der Waals surface area (Å²) < 4.78 is 2.43. The van der Waals surface area contributed by atoms with E-state index in [1.807, 2.05) is 18.2 Å². The van der Waals surface area contributed by atoms with Crippen LogP contribution in [0.1, 0.15) is 0 Å². The third kappa shape index (κ3) is 5.22. The molecule has 0 saturated carbocycles. The number of aromatic nitrogens is 3. The molecule has 5 heteroatoms. The van der Waals surface area contributed by atoms with Gasteiger partial charge < -0.3 is 0 Å². The van der Waals surface area contributed by atoms with Gasteiger partial charge in [-0.25, -0.2) is 4.98 Å². The van der Waals surface area contributed by atoms with Gasteiger partial charge in [0.1, 0.15) is 0 Å². The summed E-state index contributed by atoms with van der Waals surface area (Å²) in [7, 11) is 0. The fourth-order valence-electron chi connectivity index (χ4n) is 6.51. The van der Waals surface area contributed by atoms with Crippen molar-refractivity contribution in [2.24, 2.45) is 0 Å². The Morgan fingerprint density at radius 3 is 1.73 bits per heavy atom. The van der Waals surface area contributed by atoms with Crippen LogP contribution >= 0.6 is 22.9 Å². The summed E-state index contributed by atoms with van der Waals surface area (Å²) in [6.45, 7) is 0. The fourth-order valence-corrected chi connectivity index (χ4v) is 7.84. The summed E-state index contributed by atoms with van der Waals surface area (Å²) >= 11 is 8.33. The smallest absolute Gasteiger partial charge is 0.208 e. The number of fused-ring (bicyclic) bond motifs is 4. The Morgan fingerprint density at radius 2 is 0.979 bits per heavy atom. The standard InChI is InChI=1S/C43H26ClN3S/c44-43-46-41(33-14-7-13-30(23-33)32-20-18-28-17-19-31(24-35(28)25-32)27-9-3-1-4-10-27)45-42(47-43)34-21-22-37-39(26-34)48-38-16-8-15-36(40(37)38)29-11-5-2-6-12-29/h1-26H. The third-order valence-electron chi connectivity index (χ3n) is 8.85. The van der Waals surface area contributed by atoms with E-state index in [2.05, 4.69) is 149 Å². The number of nitrogens with zero attached hydrogens (tertiary/aromatic N) is 3. The molecule has 0 aliphatic heterocycles. The number of rotatable bonds is 5. The van der Waals surface area contributed by atoms with Gasteiger partial charge in [0, 0.05) is 31.3 Å². The van der Waals surface area contributed by atoms with Crippen LogP contribution in [0.4, 0.5) is 0 Å². The Morgan fingerprint density at radius 1 is 0.396 bits per heavy atom. The monoisotopic (exact) mass is 651 g/mol. The molecule has 9 aromatic rings. The lowest BCUT2D eigenvalue weighted by atomic mass is 9.97. The largest absolute Gasteiger partial charge is 0.226 e. The first-order valence-electron chi connectivity index (χ1n) is 15.8. The van der Waals surface area contributed by atoms with Crippen LogP contribution in [-0.4, -0.2) is 15.0 Å². The summed E-state index contributed by atoms with van der Waals surface area (Å²) in [5.74, 6) is 1.10. The van der Waals surface area contributed by atoms with E-state index in [0.29, 0.717) is 11.6 Å². The van der Waals surface area contributed by atoms with E-state index in [1.54, 1.807) is 11.3 Å². The number of hydrogen-bond acceptors (Lipinski definition) is 4. The van der Waals surface area contributed by atoms with Gasteiger partial charge >= 0.3 is 0 Å². The first kappa shape index (κ1) is 28.5. The van der Waals surface area contributed by atoms with Gasteiger partial charge in [0.05, 0.1) is 0 Å². The molecule has 9 rings (SSSR count). The van der Waals surface area contributed by atoms with E-state index < -0.39 is 0 Å². The Balaban J connectivity index is 1.08. The molecule has 0 unspecified atom stereocenters. The van der Waals surface area contributed by atoms with Crippen LogP contribution in [-0.2, 0) is 0 Å². The van der Waals surface area contributed by atoms with Crippen LogP contribution in [0.2, 0.25) is 5.28 Å². The number of halogens is 1. The second-order valence-corrected chi connectivity index (χ2v) is 13.3. The van der Waals surface area contributed by atoms with Crippen LogP contribution in [0.25, 0.3) is 87.1 Å². The normalized spacial score (nSPS) is 11.4. The summed E-state index contributed by atoms with van der Waals surface area (Å²) in [6, 6.07) is 55.5. The lowest BCUT2D eigenvalue weighted by Gasteiger charge is -2.09. The van der Waals surface area contributed by atoms with Crippen molar-refractivity contribution in [1.82, 2.24) is 15.0 Å². The van der Waals surface area contributed by atoms with Gasteiger partial charge in [-0.15, -0.1) is 11.3 Å². The lowest BCUT2D eigenvalue weighted by Crippen LogP contribution is -1.97. The lowest BCUT2D eigenvalue weighted by molar-refractivity contribution is 1.07. The van der Waals surface area contributed by atoms with Crippen molar-refractivity contribution in [3.8, 4) is 56.2 Å². The zero-order chi connectivity index (χ0) is 32.0. The highest BCUT2D eigenvalue weighted by atomic mass is 35.5. The van der Waals surface area contributed by atoms with Gasteiger partial charge in [-0.1, -0.05) is 127 Å². The Labute approximate surface area is 286 Å². The van der Waals surface area contributed by atoms with Gasteiger partial charge in [-0.2, -0.15) is 9.97 Å².